The SMILES string of the molecule is CSc1ccccc1C(=O)NN(C(=O)c1ccccc1Cl)C(C)(C)C. The summed E-state index contributed by atoms with van der Waals surface area (Å²) in [5.41, 5.74) is 2.99. The molecule has 2 amide bonds. The number of halogens is 1. The molecule has 132 valence electrons. The summed E-state index contributed by atoms with van der Waals surface area (Å²) in [4.78, 5) is 26.6. The lowest BCUT2D eigenvalue weighted by atomic mass is 10.1. The highest BCUT2D eigenvalue weighted by molar-refractivity contribution is 7.98. The summed E-state index contributed by atoms with van der Waals surface area (Å²) in [5.74, 6) is -0.687. The molecule has 0 aliphatic carbocycles. The van der Waals surface area contributed by atoms with Gasteiger partial charge in [0, 0.05) is 4.90 Å². The predicted molar refractivity (Wildman–Crippen MR) is 103 cm³/mol. The Hall–Kier alpha value is -1.98. The number of amides is 2. The minimum Gasteiger partial charge on any atom is -0.267 e. The van der Waals surface area contributed by atoms with Crippen LogP contribution in [0, 0.1) is 0 Å². The van der Waals surface area contributed by atoms with Crippen LogP contribution in [0.3, 0.4) is 0 Å². The molecule has 0 saturated carbocycles. The number of thioether (sulfide) groups is 1. The van der Waals surface area contributed by atoms with Gasteiger partial charge in [-0.3, -0.25) is 15.0 Å². The maximum atomic E-state index is 13.0. The number of carbonyl (C=O) groups excluding carboxylic acids is 2. The highest BCUT2D eigenvalue weighted by Gasteiger charge is 2.31. The van der Waals surface area contributed by atoms with Crippen molar-refractivity contribution in [3.63, 3.8) is 0 Å². The third-order valence-electron chi connectivity index (χ3n) is 3.54. The van der Waals surface area contributed by atoms with E-state index >= 15 is 0 Å². The van der Waals surface area contributed by atoms with Gasteiger partial charge in [-0.1, -0.05) is 35.9 Å². The number of hydrogen-bond acceptors (Lipinski definition) is 3. The normalized spacial score (nSPS) is 11.1. The van der Waals surface area contributed by atoms with E-state index in [-0.39, 0.29) is 11.8 Å². The molecule has 25 heavy (non-hydrogen) atoms. The highest BCUT2D eigenvalue weighted by Crippen LogP contribution is 2.23. The number of nitrogens with zero attached hydrogens (tertiary/aromatic N) is 1. The summed E-state index contributed by atoms with van der Waals surface area (Å²) in [6, 6.07) is 14.1. The molecule has 0 heterocycles. The van der Waals surface area contributed by atoms with E-state index < -0.39 is 5.54 Å². The first-order chi connectivity index (χ1) is 11.8. The second kappa shape index (κ2) is 7.93. The molecule has 0 spiro atoms. The van der Waals surface area contributed by atoms with E-state index in [1.807, 2.05) is 39.2 Å². The molecule has 0 bridgehead atoms. The van der Waals surface area contributed by atoms with Gasteiger partial charge in [0.05, 0.1) is 21.7 Å². The van der Waals surface area contributed by atoms with Gasteiger partial charge in [-0.15, -0.1) is 11.8 Å². The fourth-order valence-corrected chi connectivity index (χ4v) is 3.08. The van der Waals surface area contributed by atoms with Gasteiger partial charge in [-0.25, -0.2) is 5.01 Å². The van der Waals surface area contributed by atoms with E-state index in [9.17, 15) is 9.59 Å². The van der Waals surface area contributed by atoms with Gasteiger partial charge in [-0.2, -0.15) is 0 Å². The van der Waals surface area contributed by atoms with Gasteiger partial charge in [-0.05, 0) is 51.3 Å². The van der Waals surface area contributed by atoms with Crippen molar-refractivity contribution in [2.45, 2.75) is 31.2 Å². The molecule has 0 fully saturated rings. The molecule has 4 nitrogen and oxygen atoms in total. The van der Waals surface area contributed by atoms with Gasteiger partial charge < -0.3 is 0 Å². The van der Waals surface area contributed by atoms with E-state index in [0.29, 0.717) is 16.1 Å². The summed E-state index contributed by atoms with van der Waals surface area (Å²) in [7, 11) is 0. The second-order valence-corrected chi connectivity index (χ2v) is 7.69. The average molecular weight is 377 g/mol. The smallest absolute Gasteiger partial charge is 0.267 e. The van der Waals surface area contributed by atoms with Crippen LogP contribution in [-0.4, -0.2) is 28.6 Å². The lowest BCUT2D eigenvalue weighted by Crippen LogP contribution is -2.56. The molecule has 0 radical (unpaired) electrons. The summed E-state index contributed by atoms with van der Waals surface area (Å²) in [6.45, 7) is 5.55. The van der Waals surface area contributed by atoms with Gasteiger partial charge in [0.25, 0.3) is 11.8 Å². The molecule has 6 heteroatoms. The fourth-order valence-electron chi connectivity index (χ4n) is 2.27. The minimum absolute atomic E-state index is 0.333. The van der Waals surface area contributed by atoms with Crippen molar-refractivity contribution in [1.82, 2.24) is 10.4 Å². The summed E-state index contributed by atoms with van der Waals surface area (Å²) in [5, 5.41) is 1.67. The third-order valence-corrected chi connectivity index (χ3v) is 4.67. The standard InChI is InChI=1S/C19H21ClN2O2S/c1-19(2,3)22(18(24)13-9-5-7-11-15(13)20)21-17(23)14-10-6-8-12-16(14)25-4/h5-12H,1-4H3,(H,21,23). The predicted octanol–water partition coefficient (Wildman–Crippen LogP) is 4.65. The minimum atomic E-state index is -0.625. The summed E-state index contributed by atoms with van der Waals surface area (Å²) < 4.78 is 0. The topological polar surface area (TPSA) is 49.4 Å². The van der Waals surface area contributed by atoms with Crippen molar-refractivity contribution in [2.75, 3.05) is 6.26 Å². The highest BCUT2D eigenvalue weighted by atomic mass is 35.5. The van der Waals surface area contributed by atoms with Crippen molar-refractivity contribution in [3.05, 3.63) is 64.7 Å². The largest absolute Gasteiger partial charge is 0.274 e. The van der Waals surface area contributed by atoms with Crippen molar-refractivity contribution in [2.24, 2.45) is 0 Å². The van der Waals surface area contributed by atoms with Crippen LogP contribution >= 0.6 is 23.4 Å². The summed E-state index contributed by atoms with van der Waals surface area (Å²) in [6.07, 6.45) is 1.91. The van der Waals surface area contributed by atoms with Crippen molar-refractivity contribution < 1.29 is 9.59 Å². The lowest BCUT2D eigenvalue weighted by molar-refractivity contribution is 0.0357. The Morgan fingerprint density at radius 2 is 1.56 bits per heavy atom. The number of rotatable bonds is 3. The zero-order valence-corrected chi connectivity index (χ0v) is 16.2. The van der Waals surface area contributed by atoms with Crippen LogP contribution in [0.25, 0.3) is 0 Å². The van der Waals surface area contributed by atoms with Crippen LogP contribution < -0.4 is 5.43 Å². The van der Waals surface area contributed by atoms with Gasteiger partial charge in [0.1, 0.15) is 0 Å². The molecule has 0 aromatic heterocycles. The quantitative estimate of drug-likeness (QED) is 0.626. The Labute approximate surface area is 157 Å². The molecule has 0 saturated heterocycles. The molecule has 1 N–H and O–H groups in total. The molecule has 2 rings (SSSR count). The molecular weight excluding hydrogens is 356 g/mol. The first-order valence-corrected chi connectivity index (χ1v) is 9.39. The number of hydrazine groups is 1. The molecule has 2 aromatic carbocycles. The number of hydrogen-bond donors (Lipinski definition) is 1. The zero-order chi connectivity index (χ0) is 18.6. The number of carbonyl (C=O) groups is 2. The van der Waals surface area contributed by atoms with Gasteiger partial charge in [0.15, 0.2) is 0 Å². The Morgan fingerprint density at radius 3 is 2.12 bits per heavy atom. The van der Waals surface area contributed by atoms with Crippen LogP contribution in [0.4, 0.5) is 0 Å². The molecule has 0 aliphatic rings. The first kappa shape index (κ1) is 19.3. The lowest BCUT2D eigenvalue weighted by Gasteiger charge is -2.35. The maximum Gasteiger partial charge on any atom is 0.274 e. The van der Waals surface area contributed by atoms with Crippen LogP contribution in [-0.2, 0) is 0 Å². The van der Waals surface area contributed by atoms with Gasteiger partial charge >= 0.3 is 0 Å². The van der Waals surface area contributed by atoms with Crippen LogP contribution in [0.1, 0.15) is 41.5 Å². The van der Waals surface area contributed by atoms with E-state index in [2.05, 4.69) is 5.43 Å². The third kappa shape index (κ3) is 4.55. The van der Waals surface area contributed by atoms with Crippen LogP contribution in [0.15, 0.2) is 53.4 Å². The Morgan fingerprint density at radius 1 is 1.00 bits per heavy atom. The van der Waals surface area contributed by atoms with Crippen molar-refractivity contribution >= 4 is 35.2 Å². The summed E-state index contributed by atoms with van der Waals surface area (Å²) >= 11 is 7.63. The van der Waals surface area contributed by atoms with Crippen LogP contribution in [0.5, 0.6) is 0 Å². The Balaban J connectivity index is 2.35. The molecular formula is C19H21ClN2O2S. The van der Waals surface area contributed by atoms with E-state index in [1.165, 1.54) is 16.8 Å². The van der Waals surface area contributed by atoms with Gasteiger partial charge in [0.2, 0.25) is 0 Å². The average Bonchev–Trinajstić information content (AvgIpc) is 2.58. The molecule has 0 aliphatic heterocycles. The Bertz CT molecular complexity index is 787. The van der Waals surface area contributed by atoms with E-state index in [0.717, 1.165) is 4.90 Å². The van der Waals surface area contributed by atoms with Crippen LogP contribution in [0.2, 0.25) is 5.02 Å². The van der Waals surface area contributed by atoms with Crippen molar-refractivity contribution in [3.8, 4) is 0 Å². The van der Waals surface area contributed by atoms with Crippen molar-refractivity contribution in [1.29, 1.82) is 0 Å². The molecule has 0 atom stereocenters. The van der Waals surface area contributed by atoms with E-state index in [4.69, 9.17) is 11.6 Å². The first-order valence-electron chi connectivity index (χ1n) is 7.79. The maximum absolute atomic E-state index is 13.0. The van der Waals surface area contributed by atoms with E-state index in [1.54, 1.807) is 36.4 Å². The number of benzene rings is 2. The fraction of sp³-hybridized carbons (Fsp3) is 0.263. The second-order valence-electron chi connectivity index (χ2n) is 6.43. The molecule has 0 unspecified atom stereocenters. The molecule has 2 aromatic rings. The number of nitrogens with one attached hydrogen (secondary N) is 1. The zero-order valence-electron chi connectivity index (χ0n) is 14.7. The monoisotopic (exact) mass is 376 g/mol. The Kier molecular flexibility index (Phi) is 6.14.